The largest absolute Gasteiger partial charge is 0.378 e. The van der Waals surface area contributed by atoms with Crippen molar-refractivity contribution in [3.05, 3.63) is 22.7 Å². The Balaban J connectivity index is 2.40. The Hall–Kier alpha value is -0.630. The Morgan fingerprint density at radius 1 is 1.30 bits per heavy atom. The van der Waals surface area contributed by atoms with Gasteiger partial charge in [-0.2, -0.15) is 4.31 Å². The van der Waals surface area contributed by atoms with Gasteiger partial charge in [-0.1, -0.05) is 0 Å². The van der Waals surface area contributed by atoms with E-state index in [9.17, 15) is 8.42 Å². The second kappa shape index (κ2) is 6.01. The Bertz CT molecular complexity index is 583. The van der Waals surface area contributed by atoms with Crippen molar-refractivity contribution < 1.29 is 8.42 Å². The summed E-state index contributed by atoms with van der Waals surface area (Å²) in [5, 5.41) is 3.19. The summed E-state index contributed by atoms with van der Waals surface area (Å²) in [5.41, 5.74) is 0.865. The van der Waals surface area contributed by atoms with E-state index in [0.717, 1.165) is 18.7 Å². The predicted molar refractivity (Wildman–Crippen MR) is 84.7 cm³/mol. The number of sulfonamides is 1. The standard InChI is InChI=1S/C13H20BrN3O2S/c1-16(2)10-4-5-12(14)13(8-10)20(18,19)17(3)11-6-7-15-9-11/h4-5,8,11,15H,6-7,9H2,1-3H3. The number of likely N-dealkylation sites (N-methyl/N-ethyl adjacent to an activating group) is 1. The fourth-order valence-electron chi connectivity index (χ4n) is 2.27. The lowest BCUT2D eigenvalue weighted by Gasteiger charge is -2.24. The van der Waals surface area contributed by atoms with E-state index in [2.05, 4.69) is 21.2 Å². The van der Waals surface area contributed by atoms with E-state index in [4.69, 9.17) is 0 Å². The van der Waals surface area contributed by atoms with Crippen molar-refractivity contribution in [1.29, 1.82) is 0 Å². The quantitative estimate of drug-likeness (QED) is 0.882. The van der Waals surface area contributed by atoms with Gasteiger partial charge in [0.25, 0.3) is 0 Å². The number of halogens is 1. The second-order valence-corrected chi connectivity index (χ2v) is 8.00. The lowest BCUT2D eigenvalue weighted by atomic mass is 10.3. The van der Waals surface area contributed by atoms with Crippen LogP contribution in [0.15, 0.2) is 27.6 Å². The van der Waals surface area contributed by atoms with E-state index in [1.807, 2.05) is 25.1 Å². The van der Waals surface area contributed by atoms with Gasteiger partial charge in [-0.15, -0.1) is 0 Å². The summed E-state index contributed by atoms with van der Waals surface area (Å²) >= 11 is 3.35. The molecular weight excluding hydrogens is 342 g/mol. The van der Waals surface area contributed by atoms with Gasteiger partial charge in [0.05, 0.1) is 4.90 Å². The Morgan fingerprint density at radius 2 is 2.00 bits per heavy atom. The molecule has 1 saturated heterocycles. The molecule has 1 unspecified atom stereocenters. The number of nitrogens with zero attached hydrogens (tertiary/aromatic N) is 2. The van der Waals surface area contributed by atoms with Crippen LogP contribution < -0.4 is 10.2 Å². The molecular formula is C13H20BrN3O2S. The summed E-state index contributed by atoms with van der Waals surface area (Å²) in [6.07, 6.45) is 0.848. The van der Waals surface area contributed by atoms with Crippen LogP contribution in [0.1, 0.15) is 6.42 Å². The fourth-order valence-corrected chi connectivity index (χ4v) is 4.60. The lowest BCUT2D eigenvalue weighted by molar-refractivity contribution is 0.387. The molecule has 1 aromatic rings. The van der Waals surface area contributed by atoms with Crippen LogP contribution in [0.5, 0.6) is 0 Å². The van der Waals surface area contributed by atoms with Gasteiger partial charge < -0.3 is 10.2 Å². The highest BCUT2D eigenvalue weighted by molar-refractivity contribution is 9.10. The van der Waals surface area contributed by atoms with Crippen molar-refractivity contribution in [3.63, 3.8) is 0 Å². The van der Waals surface area contributed by atoms with Gasteiger partial charge in [-0.3, -0.25) is 0 Å². The van der Waals surface area contributed by atoms with E-state index >= 15 is 0 Å². The fraction of sp³-hybridized carbons (Fsp3) is 0.538. The number of anilines is 1. The van der Waals surface area contributed by atoms with Crippen molar-refractivity contribution in [2.45, 2.75) is 17.4 Å². The summed E-state index contributed by atoms with van der Waals surface area (Å²) < 4.78 is 27.6. The van der Waals surface area contributed by atoms with Crippen LogP contribution in [-0.4, -0.2) is 53.0 Å². The van der Waals surface area contributed by atoms with Crippen molar-refractivity contribution in [2.24, 2.45) is 0 Å². The molecule has 7 heteroatoms. The molecule has 5 nitrogen and oxygen atoms in total. The maximum Gasteiger partial charge on any atom is 0.244 e. The molecule has 0 amide bonds. The van der Waals surface area contributed by atoms with E-state index < -0.39 is 10.0 Å². The van der Waals surface area contributed by atoms with E-state index in [0.29, 0.717) is 15.9 Å². The van der Waals surface area contributed by atoms with Crippen LogP contribution >= 0.6 is 15.9 Å². The van der Waals surface area contributed by atoms with Crippen LogP contribution in [-0.2, 0) is 10.0 Å². The highest BCUT2D eigenvalue weighted by atomic mass is 79.9. The smallest absolute Gasteiger partial charge is 0.244 e. The molecule has 0 saturated carbocycles. The molecule has 0 aromatic heterocycles. The monoisotopic (exact) mass is 361 g/mol. The minimum atomic E-state index is -3.49. The number of nitrogens with one attached hydrogen (secondary N) is 1. The summed E-state index contributed by atoms with van der Waals surface area (Å²) in [6, 6.07) is 5.40. The lowest BCUT2D eigenvalue weighted by Crippen LogP contribution is -2.38. The summed E-state index contributed by atoms with van der Waals surface area (Å²) in [4.78, 5) is 2.21. The van der Waals surface area contributed by atoms with Gasteiger partial charge in [0.1, 0.15) is 0 Å². The molecule has 1 aliphatic heterocycles. The molecule has 2 rings (SSSR count). The topological polar surface area (TPSA) is 52.7 Å². The van der Waals surface area contributed by atoms with Gasteiger partial charge >= 0.3 is 0 Å². The number of hydrogen-bond donors (Lipinski definition) is 1. The summed E-state index contributed by atoms with van der Waals surface area (Å²) in [7, 11) is 1.95. The minimum absolute atomic E-state index is 0.0231. The number of benzene rings is 1. The third kappa shape index (κ3) is 3.00. The molecule has 1 N–H and O–H groups in total. The van der Waals surface area contributed by atoms with Gasteiger partial charge in [-0.25, -0.2) is 8.42 Å². The average Bonchev–Trinajstić information content (AvgIpc) is 2.91. The van der Waals surface area contributed by atoms with Crippen molar-refractivity contribution in [2.75, 3.05) is 39.1 Å². The normalized spacial score (nSPS) is 19.6. The third-order valence-electron chi connectivity index (χ3n) is 3.64. The van der Waals surface area contributed by atoms with Crippen LogP contribution in [0.4, 0.5) is 5.69 Å². The molecule has 1 atom stereocenters. The van der Waals surface area contributed by atoms with E-state index in [1.165, 1.54) is 4.31 Å². The molecule has 0 aliphatic carbocycles. The molecule has 1 fully saturated rings. The van der Waals surface area contributed by atoms with Crippen molar-refractivity contribution in [3.8, 4) is 0 Å². The average molecular weight is 362 g/mol. The first-order valence-electron chi connectivity index (χ1n) is 6.49. The van der Waals surface area contributed by atoms with Gasteiger partial charge in [0.2, 0.25) is 10.0 Å². The van der Waals surface area contributed by atoms with Crippen molar-refractivity contribution >= 4 is 31.6 Å². The Morgan fingerprint density at radius 3 is 2.55 bits per heavy atom. The molecule has 1 heterocycles. The first-order valence-corrected chi connectivity index (χ1v) is 8.73. The summed E-state index contributed by atoms with van der Waals surface area (Å²) in [5.74, 6) is 0. The van der Waals surface area contributed by atoms with Gasteiger partial charge in [-0.05, 0) is 47.1 Å². The highest BCUT2D eigenvalue weighted by Gasteiger charge is 2.31. The molecule has 112 valence electrons. The van der Waals surface area contributed by atoms with E-state index in [-0.39, 0.29) is 6.04 Å². The number of hydrogen-bond acceptors (Lipinski definition) is 4. The zero-order valence-corrected chi connectivity index (χ0v) is 14.3. The highest BCUT2D eigenvalue weighted by Crippen LogP contribution is 2.30. The SMILES string of the molecule is CN(C)c1ccc(Br)c(S(=O)(=O)N(C)C2CCNC2)c1. The molecule has 20 heavy (non-hydrogen) atoms. The maximum absolute atomic E-state index is 12.8. The van der Waals surface area contributed by atoms with E-state index in [1.54, 1.807) is 19.2 Å². The van der Waals surface area contributed by atoms with Crippen LogP contribution in [0.25, 0.3) is 0 Å². The van der Waals surface area contributed by atoms with Gasteiger partial charge in [0, 0.05) is 43.9 Å². The molecule has 1 aliphatic rings. The van der Waals surface area contributed by atoms with Crippen LogP contribution in [0, 0.1) is 0 Å². The first kappa shape index (κ1) is 15.8. The molecule has 0 spiro atoms. The summed E-state index contributed by atoms with van der Waals surface area (Å²) in [6.45, 7) is 1.57. The maximum atomic E-state index is 12.8. The zero-order chi connectivity index (χ0) is 14.9. The van der Waals surface area contributed by atoms with Crippen LogP contribution in [0.3, 0.4) is 0 Å². The zero-order valence-electron chi connectivity index (χ0n) is 11.9. The number of rotatable bonds is 4. The van der Waals surface area contributed by atoms with Crippen molar-refractivity contribution in [1.82, 2.24) is 9.62 Å². The first-order chi connectivity index (χ1) is 9.34. The molecule has 1 aromatic carbocycles. The molecule has 0 bridgehead atoms. The van der Waals surface area contributed by atoms with Gasteiger partial charge in [0.15, 0.2) is 0 Å². The predicted octanol–water partition coefficient (Wildman–Crippen LogP) is 1.50. The Labute approximate surface area is 129 Å². The van der Waals surface area contributed by atoms with Crippen LogP contribution in [0.2, 0.25) is 0 Å². The third-order valence-corrected chi connectivity index (χ3v) is 6.54. The second-order valence-electron chi connectivity index (χ2n) is 5.18. The minimum Gasteiger partial charge on any atom is -0.378 e. The molecule has 0 radical (unpaired) electrons. The Kier molecular flexibility index (Phi) is 4.73.